The van der Waals surface area contributed by atoms with Crippen molar-refractivity contribution in [1.29, 1.82) is 0 Å². The molecule has 1 aliphatic heterocycles. The number of methoxy groups -OCH3 is 1. The summed E-state index contributed by atoms with van der Waals surface area (Å²) >= 11 is 12.0. The first-order valence-corrected chi connectivity index (χ1v) is 9.50. The molecule has 1 aliphatic rings. The number of nitrogens with zero attached hydrogens (tertiary/aromatic N) is 2. The van der Waals surface area contributed by atoms with Crippen LogP contribution in [0.4, 0.5) is 11.5 Å². The van der Waals surface area contributed by atoms with Crippen molar-refractivity contribution in [3.8, 4) is 17.0 Å². The van der Waals surface area contributed by atoms with E-state index in [0.29, 0.717) is 27.2 Å². The van der Waals surface area contributed by atoms with E-state index in [4.69, 9.17) is 27.9 Å². The summed E-state index contributed by atoms with van der Waals surface area (Å²) in [6.07, 6.45) is -0.0340. The average molecular weight is 431 g/mol. The van der Waals surface area contributed by atoms with Crippen molar-refractivity contribution in [2.45, 2.75) is 12.5 Å². The molecule has 2 heterocycles. The lowest BCUT2D eigenvalue weighted by atomic mass is 10.1. The number of rotatable bonds is 4. The number of amides is 2. The van der Waals surface area contributed by atoms with Gasteiger partial charge in [0, 0.05) is 16.7 Å². The van der Waals surface area contributed by atoms with E-state index in [1.165, 1.54) is 10.7 Å². The Morgan fingerprint density at radius 1 is 1.21 bits per heavy atom. The number of fused-ring (bicyclic) bond motifs is 1. The minimum absolute atomic E-state index is 0.0340. The van der Waals surface area contributed by atoms with Gasteiger partial charge in [0.25, 0.3) is 0 Å². The number of carbonyl (C=O) groups is 2. The zero-order valence-corrected chi connectivity index (χ0v) is 16.8. The van der Waals surface area contributed by atoms with Gasteiger partial charge in [0.1, 0.15) is 17.6 Å². The maximum absolute atomic E-state index is 12.9. The standard InChI is InChI=1S/C20H16Cl2N4O3/c1-29-13-5-2-11(3-6-13)16-9-18-24-19(27)10-17(26(18)25-16)20(28)23-15-7-4-12(21)8-14(15)22/h2-9,17H,10H2,1H3,(H,23,28)(H,24,27). The maximum atomic E-state index is 12.9. The van der Waals surface area contributed by atoms with Crippen LogP contribution in [0.3, 0.4) is 0 Å². The summed E-state index contributed by atoms with van der Waals surface area (Å²) in [7, 11) is 1.59. The zero-order valence-electron chi connectivity index (χ0n) is 15.3. The van der Waals surface area contributed by atoms with Crippen LogP contribution in [0.25, 0.3) is 11.3 Å². The molecule has 7 nitrogen and oxygen atoms in total. The number of nitrogens with one attached hydrogen (secondary N) is 2. The number of benzene rings is 2. The minimum atomic E-state index is -0.808. The summed E-state index contributed by atoms with van der Waals surface area (Å²) in [6.45, 7) is 0. The van der Waals surface area contributed by atoms with Crippen LogP contribution >= 0.6 is 23.2 Å². The molecular formula is C20H16Cl2N4O3. The molecule has 0 radical (unpaired) electrons. The molecule has 3 aromatic rings. The van der Waals surface area contributed by atoms with Crippen molar-refractivity contribution in [2.75, 3.05) is 17.7 Å². The molecule has 0 aliphatic carbocycles. The number of ether oxygens (including phenoxy) is 1. The first-order chi connectivity index (χ1) is 13.9. The van der Waals surface area contributed by atoms with Crippen molar-refractivity contribution >= 4 is 46.5 Å². The van der Waals surface area contributed by atoms with E-state index in [1.54, 1.807) is 25.3 Å². The highest BCUT2D eigenvalue weighted by molar-refractivity contribution is 6.36. The molecule has 9 heteroatoms. The van der Waals surface area contributed by atoms with Gasteiger partial charge in [0.05, 0.1) is 29.9 Å². The maximum Gasteiger partial charge on any atom is 0.249 e. The molecule has 29 heavy (non-hydrogen) atoms. The van der Waals surface area contributed by atoms with Crippen LogP contribution in [0.15, 0.2) is 48.5 Å². The van der Waals surface area contributed by atoms with Crippen LogP contribution in [-0.2, 0) is 9.59 Å². The summed E-state index contributed by atoms with van der Waals surface area (Å²) in [6, 6.07) is 13.0. The normalized spacial score (nSPS) is 15.4. The summed E-state index contributed by atoms with van der Waals surface area (Å²) in [4.78, 5) is 25.0. The third-order valence-corrected chi connectivity index (χ3v) is 5.10. The van der Waals surface area contributed by atoms with E-state index in [2.05, 4.69) is 15.7 Å². The van der Waals surface area contributed by atoms with E-state index in [-0.39, 0.29) is 12.3 Å². The molecule has 0 saturated heterocycles. The smallest absolute Gasteiger partial charge is 0.249 e. The van der Waals surface area contributed by atoms with Crippen molar-refractivity contribution < 1.29 is 14.3 Å². The molecule has 148 valence electrons. The molecular weight excluding hydrogens is 415 g/mol. The quantitative estimate of drug-likeness (QED) is 0.642. The highest BCUT2D eigenvalue weighted by atomic mass is 35.5. The van der Waals surface area contributed by atoms with Crippen molar-refractivity contribution in [3.05, 3.63) is 58.6 Å². The molecule has 1 aromatic heterocycles. The summed E-state index contributed by atoms with van der Waals surface area (Å²) in [5.74, 6) is 0.522. The first-order valence-electron chi connectivity index (χ1n) is 8.74. The van der Waals surface area contributed by atoms with Gasteiger partial charge in [-0.15, -0.1) is 0 Å². The summed E-state index contributed by atoms with van der Waals surface area (Å²) in [5, 5.41) is 10.8. The van der Waals surface area contributed by atoms with E-state index in [0.717, 1.165) is 11.3 Å². The second-order valence-corrected chi connectivity index (χ2v) is 7.31. The molecule has 2 amide bonds. The Balaban J connectivity index is 1.63. The van der Waals surface area contributed by atoms with Crippen molar-refractivity contribution in [2.24, 2.45) is 0 Å². The molecule has 0 saturated carbocycles. The molecule has 1 atom stereocenters. The molecule has 2 N–H and O–H groups in total. The highest BCUT2D eigenvalue weighted by Crippen LogP contribution is 2.32. The SMILES string of the molecule is COc1ccc(-c2cc3n(n2)C(C(=O)Nc2ccc(Cl)cc2Cl)CC(=O)N3)cc1. The van der Waals surface area contributed by atoms with Crippen molar-refractivity contribution in [1.82, 2.24) is 9.78 Å². The van der Waals surface area contributed by atoms with E-state index < -0.39 is 11.9 Å². The van der Waals surface area contributed by atoms with Gasteiger partial charge in [-0.2, -0.15) is 5.10 Å². The number of hydrogen-bond donors (Lipinski definition) is 2. The van der Waals surface area contributed by atoms with Crippen LogP contribution in [0.5, 0.6) is 5.75 Å². The summed E-state index contributed by atoms with van der Waals surface area (Å²) in [5.41, 5.74) is 1.88. The number of aromatic nitrogens is 2. The lowest BCUT2D eigenvalue weighted by Gasteiger charge is -2.23. The minimum Gasteiger partial charge on any atom is -0.497 e. The Morgan fingerprint density at radius 3 is 2.66 bits per heavy atom. The van der Waals surface area contributed by atoms with E-state index >= 15 is 0 Å². The number of anilines is 2. The number of hydrogen-bond acceptors (Lipinski definition) is 4. The highest BCUT2D eigenvalue weighted by Gasteiger charge is 2.32. The fraction of sp³-hybridized carbons (Fsp3) is 0.150. The van der Waals surface area contributed by atoms with Gasteiger partial charge >= 0.3 is 0 Å². The predicted octanol–water partition coefficient (Wildman–Crippen LogP) is 4.39. The van der Waals surface area contributed by atoms with Crippen LogP contribution in [0.1, 0.15) is 12.5 Å². The van der Waals surface area contributed by atoms with Crippen LogP contribution in [0, 0.1) is 0 Å². The Morgan fingerprint density at radius 2 is 1.97 bits per heavy atom. The van der Waals surface area contributed by atoms with Gasteiger partial charge in [0.15, 0.2) is 0 Å². The van der Waals surface area contributed by atoms with Gasteiger partial charge in [-0.25, -0.2) is 4.68 Å². The van der Waals surface area contributed by atoms with Gasteiger partial charge in [-0.05, 0) is 42.5 Å². The fourth-order valence-corrected chi connectivity index (χ4v) is 3.55. The molecule has 0 spiro atoms. The topological polar surface area (TPSA) is 85.2 Å². The molecule has 0 bridgehead atoms. The monoisotopic (exact) mass is 430 g/mol. The molecule has 2 aromatic carbocycles. The number of halogens is 2. The number of carbonyl (C=O) groups excluding carboxylic acids is 2. The third-order valence-electron chi connectivity index (χ3n) is 4.55. The lowest BCUT2D eigenvalue weighted by molar-refractivity contribution is -0.125. The second-order valence-electron chi connectivity index (χ2n) is 6.47. The first kappa shape index (κ1) is 19.3. The van der Waals surface area contributed by atoms with Gasteiger partial charge in [0.2, 0.25) is 11.8 Å². The molecule has 0 fully saturated rings. The van der Waals surface area contributed by atoms with Gasteiger partial charge in [-0.3, -0.25) is 9.59 Å². The predicted molar refractivity (Wildman–Crippen MR) is 112 cm³/mol. The lowest BCUT2D eigenvalue weighted by Crippen LogP contribution is -2.35. The Labute approximate surface area is 176 Å². The second kappa shape index (κ2) is 7.77. The Bertz CT molecular complexity index is 1100. The molecule has 4 rings (SSSR count). The Kier molecular flexibility index (Phi) is 5.17. The largest absolute Gasteiger partial charge is 0.497 e. The third kappa shape index (κ3) is 3.92. The summed E-state index contributed by atoms with van der Waals surface area (Å²) < 4.78 is 6.68. The molecule has 1 unspecified atom stereocenters. The van der Waals surface area contributed by atoms with Gasteiger partial charge < -0.3 is 15.4 Å². The Hall–Kier alpha value is -3.03. The van der Waals surface area contributed by atoms with Crippen molar-refractivity contribution in [3.63, 3.8) is 0 Å². The average Bonchev–Trinajstić information content (AvgIpc) is 3.13. The van der Waals surface area contributed by atoms with E-state index in [1.807, 2.05) is 24.3 Å². The van der Waals surface area contributed by atoms with Crippen LogP contribution in [-0.4, -0.2) is 28.7 Å². The van der Waals surface area contributed by atoms with Crippen LogP contribution < -0.4 is 15.4 Å². The zero-order chi connectivity index (χ0) is 20.5. The van der Waals surface area contributed by atoms with E-state index in [9.17, 15) is 9.59 Å². The van der Waals surface area contributed by atoms with Gasteiger partial charge in [-0.1, -0.05) is 23.2 Å². The fourth-order valence-electron chi connectivity index (χ4n) is 3.09. The van der Waals surface area contributed by atoms with Crippen LogP contribution in [0.2, 0.25) is 10.0 Å².